The van der Waals surface area contributed by atoms with Gasteiger partial charge in [-0.15, -0.1) is 0 Å². The molecule has 110 valence electrons. The number of rotatable bonds is 2. The number of methoxy groups -OCH3 is 1. The van der Waals surface area contributed by atoms with Gasteiger partial charge < -0.3 is 14.0 Å². The van der Waals surface area contributed by atoms with Crippen molar-refractivity contribution in [2.24, 2.45) is 0 Å². The number of hydrogen-bond donors (Lipinski definition) is 0. The standard InChI is InChI=1S/C12H16BFO2.C2H4O2/c1-11(2)12(3,4)16-13(15-11)9-6-5-7-10(14)8-9;1-4-2-3/h5-8H,1-4H3;2H,1H3. The molecule has 1 heterocycles. The Hall–Kier alpha value is -1.40. The monoisotopic (exact) mass is 282 g/mol. The molecule has 4 nitrogen and oxygen atoms in total. The van der Waals surface area contributed by atoms with Gasteiger partial charge in [-0.1, -0.05) is 12.1 Å². The Balaban J connectivity index is 0.000000444. The van der Waals surface area contributed by atoms with E-state index in [1.807, 2.05) is 33.8 Å². The molecule has 2 rings (SSSR count). The van der Waals surface area contributed by atoms with Gasteiger partial charge in [0.15, 0.2) is 0 Å². The van der Waals surface area contributed by atoms with E-state index >= 15 is 0 Å². The summed E-state index contributed by atoms with van der Waals surface area (Å²) in [7, 11) is 0.827. The highest BCUT2D eigenvalue weighted by atomic mass is 19.1. The number of benzene rings is 1. The van der Waals surface area contributed by atoms with Gasteiger partial charge in [-0.2, -0.15) is 0 Å². The van der Waals surface area contributed by atoms with Crippen molar-refractivity contribution in [3.63, 3.8) is 0 Å². The third-order valence-corrected chi connectivity index (χ3v) is 3.47. The zero-order valence-electron chi connectivity index (χ0n) is 12.5. The first-order chi connectivity index (χ1) is 9.23. The van der Waals surface area contributed by atoms with Crippen molar-refractivity contribution >= 4 is 19.1 Å². The van der Waals surface area contributed by atoms with E-state index in [-0.39, 0.29) is 17.0 Å². The minimum atomic E-state index is -0.485. The van der Waals surface area contributed by atoms with Crippen LogP contribution in [0.1, 0.15) is 27.7 Å². The molecule has 1 saturated heterocycles. The summed E-state index contributed by atoms with van der Waals surface area (Å²) in [6.45, 7) is 8.29. The molecule has 0 N–H and O–H groups in total. The minimum Gasteiger partial charge on any atom is -0.471 e. The van der Waals surface area contributed by atoms with Crippen molar-refractivity contribution in [1.29, 1.82) is 0 Å². The highest BCUT2D eigenvalue weighted by molar-refractivity contribution is 6.62. The Kier molecular flexibility index (Phi) is 5.31. The second kappa shape index (κ2) is 6.37. The van der Waals surface area contributed by atoms with E-state index in [9.17, 15) is 4.39 Å². The summed E-state index contributed by atoms with van der Waals surface area (Å²) in [5.74, 6) is -0.271. The fourth-order valence-corrected chi connectivity index (χ4v) is 1.63. The van der Waals surface area contributed by atoms with Gasteiger partial charge in [-0.3, -0.25) is 4.79 Å². The van der Waals surface area contributed by atoms with Crippen LogP contribution in [0.15, 0.2) is 24.3 Å². The van der Waals surface area contributed by atoms with Crippen LogP contribution in [-0.4, -0.2) is 31.9 Å². The molecule has 0 aliphatic carbocycles. The van der Waals surface area contributed by atoms with E-state index in [2.05, 4.69) is 4.74 Å². The second-order valence-corrected chi connectivity index (χ2v) is 5.48. The molecule has 6 heteroatoms. The van der Waals surface area contributed by atoms with E-state index in [4.69, 9.17) is 14.1 Å². The molecule has 0 unspecified atom stereocenters. The van der Waals surface area contributed by atoms with Crippen LogP contribution in [0.4, 0.5) is 4.39 Å². The van der Waals surface area contributed by atoms with Gasteiger partial charge in [0, 0.05) is 0 Å². The number of ether oxygens (including phenoxy) is 1. The van der Waals surface area contributed by atoms with Crippen molar-refractivity contribution < 1.29 is 23.2 Å². The molecule has 1 aromatic carbocycles. The van der Waals surface area contributed by atoms with Crippen molar-refractivity contribution in [2.45, 2.75) is 38.9 Å². The molecule has 0 radical (unpaired) electrons. The Morgan fingerprint density at radius 2 is 1.70 bits per heavy atom. The summed E-state index contributed by atoms with van der Waals surface area (Å²) in [5, 5.41) is 0. The highest BCUT2D eigenvalue weighted by Gasteiger charge is 2.51. The molecule has 0 aromatic heterocycles. The van der Waals surface area contributed by atoms with Gasteiger partial charge in [0.1, 0.15) is 5.82 Å². The zero-order chi connectivity index (χ0) is 15.4. The third kappa shape index (κ3) is 3.80. The van der Waals surface area contributed by atoms with Crippen LogP contribution in [-0.2, 0) is 18.8 Å². The Morgan fingerprint density at radius 1 is 1.20 bits per heavy atom. The van der Waals surface area contributed by atoms with E-state index < -0.39 is 7.12 Å². The number of halogens is 1. The summed E-state index contributed by atoms with van der Waals surface area (Å²) >= 11 is 0. The molecule has 1 aliphatic heterocycles. The van der Waals surface area contributed by atoms with Crippen LogP contribution in [0, 0.1) is 5.82 Å². The quantitative estimate of drug-likeness (QED) is 0.614. The molecule has 0 spiro atoms. The smallest absolute Gasteiger partial charge is 0.471 e. The summed E-state index contributed by atoms with van der Waals surface area (Å²) in [6, 6.07) is 6.33. The van der Waals surface area contributed by atoms with Crippen molar-refractivity contribution in [3.8, 4) is 0 Å². The lowest BCUT2D eigenvalue weighted by Crippen LogP contribution is -2.41. The van der Waals surface area contributed by atoms with Crippen LogP contribution < -0.4 is 5.46 Å². The Bertz CT molecular complexity index is 446. The number of carbonyl (C=O) groups excluding carboxylic acids is 1. The first-order valence-corrected chi connectivity index (χ1v) is 6.31. The Labute approximate surface area is 119 Å². The number of carbonyl (C=O) groups is 1. The molecule has 1 aliphatic rings. The van der Waals surface area contributed by atoms with Crippen LogP contribution >= 0.6 is 0 Å². The van der Waals surface area contributed by atoms with Gasteiger partial charge in [0.25, 0.3) is 6.47 Å². The van der Waals surface area contributed by atoms with E-state index in [1.165, 1.54) is 19.2 Å². The number of hydrogen-bond acceptors (Lipinski definition) is 4. The molecule has 1 aromatic rings. The molecule has 1 fully saturated rings. The molecule has 0 saturated carbocycles. The van der Waals surface area contributed by atoms with Crippen molar-refractivity contribution in [1.82, 2.24) is 0 Å². The molecule has 20 heavy (non-hydrogen) atoms. The predicted molar refractivity (Wildman–Crippen MR) is 75.2 cm³/mol. The lowest BCUT2D eigenvalue weighted by Gasteiger charge is -2.32. The van der Waals surface area contributed by atoms with Crippen molar-refractivity contribution in [3.05, 3.63) is 30.1 Å². The normalized spacial score (nSPS) is 19.0. The van der Waals surface area contributed by atoms with Gasteiger partial charge in [0.05, 0.1) is 18.3 Å². The van der Waals surface area contributed by atoms with E-state index in [1.54, 1.807) is 6.07 Å². The second-order valence-electron chi connectivity index (χ2n) is 5.48. The average Bonchev–Trinajstić information content (AvgIpc) is 2.59. The van der Waals surface area contributed by atoms with Crippen LogP contribution in [0.3, 0.4) is 0 Å². The molecule has 0 bridgehead atoms. The van der Waals surface area contributed by atoms with E-state index in [0.29, 0.717) is 6.47 Å². The lowest BCUT2D eigenvalue weighted by atomic mass is 9.79. The maximum Gasteiger partial charge on any atom is 0.494 e. The fourth-order valence-electron chi connectivity index (χ4n) is 1.63. The minimum absolute atomic E-state index is 0.271. The van der Waals surface area contributed by atoms with Gasteiger partial charge >= 0.3 is 7.12 Å². The maximum absolute atomic E-state index is 13.1. The summed E-state index contributed by atoms with van der Waals surface area (Å²) in [4.78, 5) is 8.95. The van der Waals surface area contributed by atoms with Crippen LogP contribution in [0.25, 0.3) is 0 Å². The highest BCUT2D eigenvalue weighted by Crippen LogP contribution is 2.36. The first-order valence-electron chi connectivity index (χ1n) is 6.31. The van der Waals surface area contributed by atoms with Gasteiger partial charge in [-0.25, -0.2) is 4.39 Å². The lowest BCUT2D eigenvalue weighted by molar-refractivity contribution is -0.126. The Morgan fingerprint density at radius 3 is 2.10 bits per heavy atom. The largest absolute Gasteiger partial charge is 0.494 e. The summed E-state index contributed by atoms with van der Waals surface area (Å²) in [5.41, 5.74) is -0.0489. The zero-order valence-corrected chi connectivity index (χ0v) is 12.5. The topological polar surface area (TPSA) is 44.8 Å². The summed E-state index contributed by atoms with van der Waals surface area (Å²) in [6.07, 6.45) is 0. The van der Waals surface area contributed by atoms with Crippen LogP contribution in [0.2, 0.25) is 0 Å². The SMILES string of the molecule is CC1(C)OB(c2cccc(F)c2)OC1(C)C.COC=O. The maximum atomic E-state index is 13.1. The molecule has 0 atom stereocenters. The van der Waals surface area contributed by atoms with Crippen LogP contribution in [0.5, 0.6) is 0 Å². The van der Waals surface area contributed by atoms with Crippen molar-refractivity contribution in [2.75, 3.05) is 7.11 Å². The van der Waals surface area contributed by atoms with Gasteiger partial charge in [-0.05, 0) is 45.3 Å². The van der Waals surface area contributed by atoms with Gasteiger partial charge in [0.2, 0.25) is 0 Å². The third-order valence-electron chi connectivity index (χ3n) is 3.47. The molecular weight excluding hydrogens is 262 g/mol. The first kappa shape index (κ1) is 16.7. The predicted octanol–water partition coefficient (Wildman–Crippen LogP) is 1.91. The average molecular weight is 282 g/mol. The summed E-state index contributed by atoms with van der Waals surface area (Å²) < 4.78 is 28.6. The molecular formula is C14H20BFO4. The molecule has 0 amide bonds. The van der Waals surface area contributed by atoms with E-state index in [0.717, 1.165) is 5.46 Å². The fraction of sp³-hybridized carbons (Fsp3) is 0.500.